The molecule has 0 amide bonds. The number of nitrogens with one attached hydrogen (secondary N) is 1. The van der Waals surface area contributed by atoms with Crippen LogP contribution in [0.4, 0.5) is 15.8 Å². The van der Waals surface area contributed by atoms with Gasteiger partial charge in [0.1, 0.15) is 11.6 Å². The van der Waals surface area contributed by atoms with E-state index in [9.17, 15) is 4.39 Å². The smallest absolute Gasteiger partial charge is 0.125 e. The van der Waals surface area contributed by atoms with Crippen LogP contribution in [-0.2, 0) is 6.42 Å². The monoisotopic (exact) mass is 234 g/mol. The molecule has 3 nitrogen and oxygen atoms in total. The molecule has 2 aromatic rings. The minimum Gasteiger partial charge on any atom is -0.469 e. The lowest BCUT2D eigenvalue weighted by Crippen LogP contribution is -2.18. The van der Waals surface area contributed by atoms with Gasteiger partial charge in [-0.15, -0.1) is 0 Å². The number of halogens is 1. The largest absolute Gasteiger partial charge is 0.469 e. The van der Waals surface area contributed by atoms with E-state index in [2.05, 4.69) is 5.32 Å². The Kier molecular flexibility index (Phi) is 3.32. The number of rotatable bonds is 4. The van der Waals surface area contributed by atoms with Crippen LogP contribution >= 0.6 is 0 Å². The minimum atomic E-state index is -0.327. The fourth-order valence-electron chi connectivity index (χ4n) is 1.71. The van der Waals surface area contributed by atoms with Crippen molar-refractivity contribution in [2.75, 3.05) is 11.1 Å². The van der Waals surface area contributed by atoms with Crippen LogP contribution in [0.2, 0.25) is 0 Å². The summed E-state index contributed by atoms with van der Waals surface area (Å²) < 4.78 is 18.1. The van der Waals surface area contributed by atoms with E-state index in [4.69, 9.17) is 10.2 Å². The molecule has 0 aliphatic rings. The van der Waals surface area contributed by atoms with Crippen LogP contribution in [0.25, 0.3) is 0 Å². The molecule has 0 bridgehead atoms. The van der Waals surface area contributed by atoms with Crippen molar-refractivity contribution in [1.82, 2.24) is 0 Å². The van der Waals surface area contributed by atoms with Crippen LogP contribution < -0.4 is 11.1 Å². The van der Waals surface area contributed by atoms with Gasteiger partial charge in [-0.3, -0.25) is 0 Å². The maximum atomic E-state index is 12.9. The second kappa shape index (κ2) is 4.91. The van der Waals surface area contributed by atoms with Gasteiger partial charge in [0.2, 0.25) is 0 Å². The molecule has 0 spiro atoms. The Morgan fingerprint density at radius 3 is 2.88 bits per heavy atom. The fraction of sp³-hybridized carbons (Fsp3) is 0.231. The molecule has 1 unspecified atom stereocenters. The summed E-state index contributed by atoms with van der Waals surface area (Å²) in [4.78, 5) is 0. The van der Waals surface area contributed by atoms with Crippen molar-refractivity contribution in [3.8, 4) is 0 Å². The zero-order valence-corrected chi connectivity index (χ0v) is 9.61. The number of nitrogens with two attached hydrogens (primary N) is 1. The molecule has 1 atom stereocenters. The number of furan rings is 1. The molecule has 0 fully saturated rings. The Hall–Kier alpha value is -1.97. The van der Waals surface area contributed by atoms with Gasteiger partial charge in [-0.2, -0.15) is 0 Å². The van der Waals surface area contributed by atoms with Gasteiger partial charge in [-0.1, -0.05) is 0 Å². The van der Waals surface area contributed by atoms with Crippen LogP contribution in [0, 0.1) is 5.82 Å². The molecule has 4 heteroatoms. The molecule has 90 valence electrons. The predicted molar refractivity (Wildman–Crippen MR) is 66.3 cm³/mol. The molecular weight excluding hydrogens is 219 g/mol. The molecule has 0 radical (unpaired) electrons. The summed E-state index contributed by atoms with van der Waals surface area (Å²) in [6.07, 6.45) is 2.40. The van der Waals surface area contributed by atoms with E-state index in [-0.39, 0.29) is 11.9 Å². The molecule has 0 aliphatic carbocycles. The highest BCUT2D eigenvalue weighted by Crippen LogP contribution is 2.20. The Balaban J connectivity index is 2.00. The summed E-state index contributed by atoms with van der Waals surface area (Å²) in [5.41, 5.74) is 6.87. The van der Waals surface area contributed by atoms with Crippen LogP contribution in [0.1, 0.15) is 12.7 Å². The zero-order chi connectivity index (χ0) is 12.3. The average Bonchev–Trinajstić information content (AvgIpc) is 2.75. The lowest BCUT2D eigenvalue weighted by atomic mass is 10.1. The maximum Gasteiger partial charge on any atom is 0.125 e. The first-order chi connectivity index (χ1) is 8.15. The van der Waals surface area contributed by atoms with Crippen LogP contribution in [0.15, 0.2) is 41.0 Å². The predicted octanol–water partition coefficient (Wildman–Crippen LogP) is 3.04. The van der Waals surface area contributed by atoms with Gasteiger partial charge in [0.15, 0.2) is 0 Å². The quantitative estimate of drug-likeness (QED) is 0.799. The van der Waals surface area contributed by atoms with E-state index in [0.717, 1.165) is 17.9 Å². The molecular formula is C13H15FN2O. The molecule has 0 saturated carbocycles. The van der Waals surface area contributed by atoms with E-state index in [1.807, 2.05) is 19.1 Å². The van der Waals surface area contributed by atoms with Gasteiger partial charge in [-0.25, -0.2) is 4.39 Å². The molecule has 3 N–H and O–H groups in total. The first kappa shape index (κ1) is 11.5. The molecule has 0 aliphatic heterocycles. The Bertz CT molecular complexity index is 482. The summed E-state index contributed by atoms with van der Waals surface area (Å²) in [6.45, 7) is 2.02. The molecule has 1 heterocycles. The van der Waals surface area contributed by atoms with Crippen molar-refractivity contribution in [2.45, 2.75) is 19.4 Å². The Labute approximate surface area is 99.4 Å². The van der Waals surface area contributed by atoms with E-state index in [0.29, 0.717) is 5.69 Å². The third-order valence-electron chi connectivity index (χ3n) is 2.50. The molecule has 2 rings (SSSR count). The average molecular weight is 234 g/mol. The first-order valence-corrected chi connectivity index (χ1v) is 5.49. The Morgan fingerprint density at radius 1 is 1.41 bits per heavy atom. The number of anilines is 2. The third-order valence-corrected chi connectivity index (χ3v) is 2.50. The van der Waals surface area contributed by atoms with Gasteiger partial charge >= 0.3 is 0 Å². The highest BCUT2D eigenvalue weighted by molar-refractivity contribution is 5.66. The first-order valence-electron chi connectivity index (χ1n) is 5.49. The van der Waals surface area contributed by atoms with Gasteiger partial charge in [0.05, 0.1) is 17.6 Å². The zero-order valence-electron chi connectivity index (χ0n) is 9.61. The summed E-state index contributed by atoms with van der Waals surface area (Å²) in [5.74, 6) is 0.581. The van der Waals surface area contributed by atoms with Crippen LogP contribution in [0.5, 0.6) is 0 Å². The standard InChI is InChI=1S/C13H15FN2O/c1-9(7-11-3-2-6-17-11)16-13-5-4-10(14)8-12(13)15/h2-6,8-9,16H,7,15H2,1H3. The van der Waals surface area contributed by atoms with E-state index >= 15 is 0 Å². The van der Waals surface area contributed by atoms with E-state index in [1.54, 1.807) is 12.3 Å². The van der Waals surface area contributed by atoms with Gasteiger partial charge in [-0.05, 0) is 37.3 Å². The summed E-state index contributed by atoms with van der Waals surface area (Å²) in [6, 6.07) is 8.28. The van der Waals surface area contributed by atoms with Crippen LogP contribution in [-0.4, -0.2) is 6.04 Å². The second-order valence-electron chi connectivity index (χ2n) is 4.06. The van der Waals surface area contributed by atoms with E-state index < -0.39 is 0 Å². The van der Waals surface area contributed by atoms with Crippen molar-refractivity contribution in [1.29, 1.82) is 0 Å². The number of benzene rings is 1. The van der Waals surface area contributed by atoms with Gasteiger partial charge < -0.3 is 15.5 Å². The summed E-state index contributed by atoms with van der Waals surface area (Å²) in [7, 11) is 0. The molecule has 17 heavy (non-hydrogen) atoms. The SMILES string of the molecule is CC(Cc1ccco1)Nc1ccc(F)cc1N. The Morgan fingerprint density at radius 2 is 2.24 bits per heavy atom. The van der Waals surface area contributed by atoms with Gasteiger partial charge in [0.25, 0.3) is 0 Å². The number of nitrogen functional groups attached to an aromatic ring is 1. The highest BCUT2D eigenvalue weighted by Gasteiger charge is 2.07. The van der Waals surface area contributed by atoms with Crippen molar-refractivity contribution in [2.24, 2.45) is 0 Å². The topological polar surface area (TPSA) is 51.2 Å². The van der Waals surface area contributed by atoms with Gasteiger partial charge in [0, 0.05) is 12.5 Å². The van der Waals surface area contributed by atoms with Crippen molar-refractivity contribution >= 4 is 11.4 Å². The maximum absolute atomic E-state index is 12.9. The van der Waals surface area contributed by atoms with Crippen molar-refractivity contribution in [3.05, 3.63) is 48.2 Å². The molecule has 1 aromatic heterocycles. The number of hydrogen-bond donors (Lipinski definition) is 2. The third kappa shape index (κ3) is 3.00. The lowest BCUT2D eigenvalue weighted by molar-refractivity contribution is 0.498. The normalized spacial score (nSPS) is 12.4. The fourth-order valence-corrected chi connectivity index (χ4v) is 1.71. The van der Waals surface area contributed by atoms with E-state index in [1.165, 1.54) is 12.1 Å². The lowest BCUT2D eigenvalue weighted by Gasteiger charge is -2.15. The van der Waals surface area contributed by atoms with Crippen molar-refractivity contribution in [3.63, 3.8) is 0 Å². The number of hydrogen-bond acceptors (Lipinski definition) is 3. The summed E-state index contributed by atoms with van der Waals surface area (Å²) in [5, 5.41) is 3.22. The second-order valence-corrected chi connectivity index (χ2v) is 4.06. The van der Waals surface area contributed by atoms with Crippen LogP contribution in [0.3, 0.4) is 0 Å². The molecule has 0 saturated heterocycles. The van der Waals surface area contributed by atoms with Crippen molar-refractivity contribution < 1.29 is 8.81 Å². The minimum absolute atomic E-state index is 0.161. The summed E-state index contributed by atoms with van der Waals surface area (Å²) >= 11 is 0. The molecule has 1 aromatic carbocycles. The highest BCUT2D eigenvalue weighted by atomic mass is 19.1.